The Balaban J connectivity index is 1.42. The van der Waals surface area contributed by atoms with Gasteiger partial charge in [0, 0.05) is 44.1 Å². The Morgan fingerprint density at radius 3 is 2.54 bits per heavy atom. The first-order valence-corrected chi connectivity index (χ1v) is 8.33. The topological polar surface area (TPSA) is 56.1 Å². The fraction of sp³-hybridized carbons (Fsp3) is 0.389. The van der Waals surface area contributed by atoms with Gasteiger partial charge in [-0.3, -0.25) is 9.88 Å². The molecule has 0 aromatic carbocycles. The molecule has 2 atom stereocenters. The number of alkyl halides is 3. The van der Waals surface area contributed by atoms with E-state index in [0.29, 0.717) is 12.1 Å². The number of hydrogen-bond donors (Lipinski definition) is 0. The molecule has 0 radical (unpaired) electrons. The average Bonchev–Trinajstić information content (AvgIpc) is 2.62. The molecule has 26 heavy (non-hydrogen) atoms. The summed E-state index contributed by atoms with van der Waals surface area (Å²) in [6, 6.07) is 8.77. The van der Waals surface area contributed by atoms with E-state index in [4.69, 9.17) is 0 Å². The quantitative estimate of drug-likeness (QED) is 0.844. The molecule has 2 unspecified atom stereocenters. The highest BCUT2D eigenvalue weighted by Crippen LogP contribution is 2.37. The van der Waals surface area contributed by atoms with Crippen molar-refractivity contribution in [1.29, 1.82) is 5.26 Å². The zero-order valence-electron chi connectivity index (χ0n) is 13.8. The minimum atomic E-state index is -4.41. The third kappa shape index (κ3) is 2.99. The molecule has 5 heterocycles. The first kappa shape index (κ1) is 16.8. The first-order valence-electron chi connectivity index (χ1n) is 8.33. The van der Waals surface area contributed by atoms with Gasteiger partial charge in [-0.05, 0) is 30.2 Å². The van der Waals surface area contributed by atoms with Crippen LogP contribution in [0.3, 0.4) is 0 Å². The summed E-state index contributed by atoms with van der Waals surface area (Å²) in [5, 5.41) is 9.26. The molecule has 0 N–H and O–H groups in total. The van der Waals surface area contributed by atoms with Gasteiger partial charge in [-0.25, -0.2) is 4.98 Å². The van der Waals surface area contributed by atoms with E-state index in [1.807, 2.05) is 0 Å². The zero-order valence-corrected chi connectivity index (χ0v) is 13.8. The number of piperidine rings is 1. The molecule has 2 bridgehead atoms. The second-order valence-corrected chi connectivity index (χ2v) is 6.68. The standard InChI is InChI=1S/C18H16F3N5/c19-18(20,21)16-4-3-12(8-24-16)9-25-10-14-6-15(11-25)26(14)17-13(7-22)2-1-5-23-17/h1-5,8,14-15H,6,9-11H2. The molecule has 0 saturated carbocycles. The van der Waals surface area contributed by atoms with Gasteiger partial charge in [0.1, 0.15) is 17.6 Å². The second kappa shape index (κ2) is 6.25. The summed E-state index contributed by atoms with van der Waals surface area (Å²) in [6.45, 7) is 2.15. The number of piperazine rings is 1. The third-order valence-corrected chi connectivity index (χ3v) is 4.94. The second-order valence-electron chi connectivity index (χ2n) is 6.68. The van der Waals surface area contributed by atoms with E-state index < -0.39 is 11.9 Å². The lowest BCUT2D eigenvalue weighted by Crippen LogP contribution is -2.69. The van der Waals surface area contributed by atoms with Crippen molar-refractivity contribution in [3.63, 3.8) is 0 Å². The van der Waals surface area contributed by atoms with Gasteiger partial charge in [0.05, 0.1) is 5.56 Å². The minimum Gasteiger partial charge on any atom is -0.347 e. The van der Waals surface area contributed by atoms with E-state index in [-0.39, 0.29) is 12.1 Å². The summed E-state index contributed by atoms with van der Waals surface area (Å²) in [5.41, 5.74) is 0.470. The van der Waals surface area contributed by atoms with E-state index >= 15 is 0 Å². The Labute approximate surface area is 148 Å². The normalized spacial score (nSPS) is 22.6. The van der Waals surface area contributed by atoms with Crippen LogP contribution in [0.25, 0.3) is 0 Å². The van der Waals surface area contributed by atoms with Crippen LogP contribution in [0.15, 0.2) is 36.7 Å². The van der Waals surface area contributed by atoms with Gasteiger partial charge < -0.3 is 4.90 Å². The van der Waals surface area contributed by atoms with Gasteiger partial charge in [-0.2, -0.15) is 18.4 Å². The van der Waals surface area contributed by atoms with Crippen molar-refractivity contribution < 1.29 is 13.2 Å². The predicted molar refractivity (Wildman–Crippen MR) is 88.1 cm³/mol. The largest absolute Gasteiger partial charge is 0.433 e. The van der Waals surface area contributed by atoms with Crippen LogP contribution < -0.4 is 4.90 Å². The summed E-state index contributed by atoms with van der Waals surface area (Å²) in [6.07, 6.45) is -0.376. The highest BCUT2D eigenvalue weighted by atomic mass is 19.4. The number of hydrogen-bond acceptors (Lipinski definition) is 5. The van der Waals surface area contributed by atoms with E-state index in [2.05, 4.69) is 25.8 Å². The van der Waals surface area contributed by atoms with Crippen molar-refractivity contribution in [1.82, 2.24) is 14.9 Å². The third-order valence-electron chi connectivity index (χ3n) is 4.94. The van der Waals surface area contributed by atoms with Crippen molar-refractivity contribution >= 4 is 5.82 Å². The molecule has 3 fully saturated rings. The molecule has 3 aliphatic heterocycles. The van der Waals surface area contributed by atoms with Gasteiger partial charge in [0.2, 0.25) is 0 Å². The number of rotatable bonds is 3. The molecule has 3 aliphatic rings. The molecule has 5 rings (SSSR count). The van der Waals surface area contributed by atoms with Gasteiger partial charge >= 0.3 is 6.18 Å². The number of aromatic nitrogens is 2. The Morgan fingerprint density at radius 1 is 1.15 bits per heavy atom. The molecule has 134 valence electrons. The lowest BCUT2D eigenvalue weighted by Gasteiger charge is -2.57. The maximum Gasteiger partial charge on any atom is 0.433 e. The Bertz CT molecular complexity index is 831. The van der Waals surface area contributed by atoms with Crippen LogP contribution in [0.2, 0.25) is 0 Å². The summed E-state index contributed by atoms with van der Waals surface area (Å²) in [5.74, 6) is 0.729. The van der Waals surface area contributed by atoms with Gasteiger partial charge in [-0.1, -0.05) is 6.07 Å². The molecule has 2 aromatic rings. The predicted octanol–water partition coefficient (Wildman–Crippen LogP) is 2.83. The first-order chi connectivity index (χ1) is 12.5. The summed E-state index contributed by atoms with van der Waals surface area (Å²) in [7, 11) is 0. The van der Waals surface area contributed by atoms with Crippen LogP contribution >= 0.6 is 0 Å². The van der Waals surface area contributed by atoms with Crippen molar-refractivity contribution in [2.75, 3.05) is 18.0 Å². The molecule has 0 spiro atoms. The van der Waals surface area contributed by atoms with E-state index in [9.17, 15) is 18.4 Å². The lowest BCUT2D eigenvalue weighted by molar-refractivity contribution is -0.141. The molecule has 5 nitrogen and oxygen atoms in total. The lowest BCUT2D eigenvalue weighted by atomic mass is 9.86. The number of halogens is 3. The SMILES string of the molecule is N#Cc1cccnc1N1C2CC1CN(Cc1ccc(C(F)(F)F)nc1)C2. The maximum absolute atomic E-state index is 12.6. The van der Waals surface area contributed by atoms with Crippen LogP contribution in [0.4, 0.5) is 19.0 Å². The number of fused-ring (bicyclic) bond motifs is 2. The van der Waals surface area contributed by atoms with E-state index in [0.717, 1.165) is 37.0 Å². The fourth-order valence-corrected chi connectivity index (χ4v) is 3.81. The number of nitrogens with zero attached hydrogens (tertiary/aromatic N) is 5. The van der Waals surface area contributed by atoms with E-state index in [1.54, 1.807) is 18.3 Å². The molecule has 0 aliphatic carbocycles. The molecular formula is C18H16F3N5. The number of pyridine rings is 2. The van der Waals surface area contributed by atoms with Gasteiger partial charge in [0.25, 0.3) is 0 Å². The van der Waals surface area contributed by atoms with Crippen LogP contribution in [-0.4, -0.2) is 40.0 Å². The molecule has 2 aromatic heterocycles. The smallest absolute Gasteiger partial charge is 0.347 e. The molecular weight excluding hydrogens is 343 g/mol. The highest BCUT2D eigenvalue weighted by molar-refractivity contribution is 5.57. The molecule has 8 heteroatoms. The van der Waals surface area contributed by atoms with Crippen LogP contribution in [0.5, 0.6) is 0 Å². The summed E-state index contributed by atoms with van der Waals surface area (Å²) in [4.78, 5) is 12.3. The van der Waals surface area contributed by atoms with Crippen molar-refractivity contribution in [3.8, 4) is 6.07 Å². The Hall–Kier alpha value is -2.66. The van der Waals surface area contributed by atoms with Crippen molar-refractivity contribution in [2.45, 2.75) is 31.2 Å². The van der Waals surface area contributed by atoms with E-state index in [1.165, 1.54) is 12.3 Å². The Morgan fingerprint density at radius 2 is 1.92 bits per heavy atom. The molecule has 3 saturated heterocycles. The van der Waals surface area contributed by atoms with Crippen LogP contribution in [0.1, 0.15) is 23.2 Å². The zero-order chi connectivity index (χ0) is 18.3. The number of nitriles is 1. The van der Waals surface area contributed by atoms with Gasteiger partial charge in [0.15, 0.2) is 0 Å². The Kier molecular flexibility index (Phi) is 4.04. The molecule has 0 amide bonds. The van der Waals surface area contributed by atoms with Crippen molar-refractivity contribution in [2.24, 2.45) is 0 Å². The number of anilines is 1. The van der Waals surface area contributed by atoms with Gasteiger partial charge in [-0.15, -0.1) is 0 Å². The van der Waals surface area contributed by atoms with Crippen molar-refractivity contribution in [3.05, 3.63) is 53.5 Å². The fourth-order valence-electron chi connectivity index (χ4n) is 3.81. The summed E-state index contributed by atoms with van der Waals surface area (Å²) >= 11 is 0. The van der Waals surface area contributed by atoms with Crippen LogP contribution in [-0.2, 0) is 12.7 Å². The summed E-state index contributed by atoms with van der Waals surface area (Å²) < 4.78 is 37.8. The minimum absolute atomic E-state index is 0.276. The average molecular weight is 359 g/mol. The monoisotopic (exact) mass is 359 g/mol. The maximum atomic E-state index is 12.6. The van der Waals surface area contributed by atoms with Crippen LogP contribution in [0, 0.1) is 11.3 Å². The highest BCUT2D eigenvalue weighted by Gasteiger charge is 2.45.